The minimum Gasteiger partial charge on any atom is -0.0616 e. The highest BCUT2D eigenvalue weighted by Gasteiger charge is 2.10. The number of benzene rings is 7. The van der Waals surface area contributed by atoms with E-state index < -0.39 is 0 Å². The predicted octanol–water partition coefficient (Wildman–Crippen LogP) is 8.29. The number of hydrogen-bond donors (Lipinski definition) is 0. The summed E-state index contributed by atoms with van der Waals surface area (Å²) in [5.74, 6) is 7.04. The molecule has 0 aliphatic carbocycles. The van der Waals surface area contributed by atoms with Gasteiger partial charge in [0.2, 0.25) is 0 Å². The van der Waals surface area contributed by atoms with Gasteiger partial charge in [0.05, 0.1) is 0 Å². The Labute approximate surface area is 186 Å². The van der Waals surface area contributed by atoms with E-state index in [-0.39, 0.29) is 0 Å². The van der Waals surface area contributed by atoms with Crippen LogP contribution < -0.4 is 0 Å². The molecule has 7 aromatic carbocycles. The molecule has 0 saturated heterocycles. The fourth-order valence-corrected chi connectivity index (χ4v) is 5.15. The SMILES string of the molecule is C(#Cc1cc2cccc3ccc4cccc1c4c32)c1cccc2c1ccc1ccccc12. The standard InChI is InChI=1S/C32H18/c1-2-11-27-21(6-1)18-19-28-22(7-4-13-30(27)28)14-17-25-20-26-10-3-8-23-15-16-24-9-5-12-29(25)32(24)31(23)26/h1-13,15-16,18-20H. The van der Waals surface area contributed by atoms with Gasteiger partial charge >= 0.3 is 0 Å². The molecule has 0 saturated carbocycles. The number of rotatable bonds is 0. The second-order valence-corrected chi connectivity index (χ2v) is 8.41. The van der Waals surface area contributed by atoms with Crippen molar-refractivity contribution in [1.29, 1.82) is 0 Å². The molecule has 32 heavy (non-hydrogen) atoms. The third kappa shape index (κ3) is 2.46. The van der Waals surface area contributed by atoms with Gasteiger partial charge in [0, 0.05) is 11.1 Å². The Morgan fingerprint density at radius 1 is 0.344 bits per heavy atom. The van der Waals surface area contributed by atoms with E-state index in [9.17, 15) is 0 Å². The normalized spacial score (nSPS) is 11.5. The van der Waals surface area contributed by atoms with Crippen molar-refractivity contribution < 1.29 is 0 Å². The van der Waals surface area contributed by atoms with Crippen LogP contribution in [0, 0.1) is 11.8 Å². The largest absolute Gasteiger partial charge is 0.0616 e. The molecule has 146 valence electrons. The quantitative estimate of drug-likeness (QED) is 0.177. The predicted molar refractivity (Wildman–Crippen MR) is 138 cm³/mol. The number of fused-ring (bicyclic) bond motifs is 3. The zero-order valence-electron chi connectivity index (χ0n) is 17.4. The first kappa shape index (κ1) is 17.4. The summed E-state index contributed by atoms with van der Waals surface area (Å²) in [5, 5.41) is 12.7. The van der Waals surface area contributed by atoms with Crippen LogP contribution in [0.5, 0.6) is 0 Å². The molecule has 0 spiro atoms. The van der Waals surface area contributed by atoms with Crippen molar-refractivity contribution in [3.05, 3.63) is 120 Å². The molecule has 0 fully saturated rings. The van der Waals surface area contributed by atoms with Crippen LogP contribution in [0.15, 0.2) is 109 Å². The lowest BCUT2D eigenvalue weighted by molar-refractivity contribution is 1.71. The van der Waals surface area contributed by atoms with Gasteiger partial charge in [-0.1, -0.05) is 109 Å². The van der Waals surface area contributed by atoms with Gasteiger partial charge in [0.15, 0.2) is 0 Å². The Bertz CT molecular complexity index is 1880. The minimum absolute atomic E-state index is 1.07. The summed E-state index contributed by atoms with van der Waals surface area (Å²) in [6.07, 6.45) is 0. The first-order valence-corrected chi connectivity index (χ1v) is 11.0. The smallest absolute Gasteiger partial charge is 0.0334 e. The molecule has 0 aliphatic rings. The van der Waals surface area contributed by atoms with Crippen LogP contribution in [-0.2, 0) is 0 Å². The lowest BCUT2D eigenvalue weighted by Gasteiger charge is -2.12. The van der Waals surface area contributed by atoms with Gasteiger partial charge in [-0.05, 0) is 66.0 Å². The molecule has 0 heterocycles. The Kier molecular flexibility index (Phi) is 3.57. The maximum Gasteiger partial charge on any atom is 0.0334 e. The summed E-state index contributed by atoms with van der Waals surface area (Å²) in [7, 11) is 0. The van der Waals surface area contributed by atoms with Crippen LogP contribution in [0.2, 0.25) is 0 Å². The van der Waals surface area contributed by atoms with Crippen molar-refractivity contribution in [3.63, 3.8) is 0 Å². The van der Waals surface area contributed by atoms with Gasteiger partial charge in [-0.15, -0.1) is 0 Å². The molecular weight excluding hydrogens is 384 g/mol. The monoisotopic (exact) mass is 402 g/mol. The highest BCUT2D eigenvalue weighted by molar-refractivity contribution is 6.24. The van der Waals surface area contributed by atoms with Gasteiger partial charge in [-0.25, -0.2) is 0 Å². The molecule has 0 aromatic heterocycles. The van der Waals surface area contributed by atoms with Crippen LogP contribution in [-0.4, -0.2) is 0 Å². The first-order valence-electron chi connectivity index (χ1n) is 11.0. The van der Waals surface area contributed by atoms with Crippen molar-refractivity contribution in [2.75, 3.05) is 0 Å². The molecule has 0 bridgehead atoms. The third-order valence-corrected chi connectivity index (χ3v) is 6.63. The number of hydrogen-bond acceptors (Lipinski definition) is 0. The molecule has 0 heteroatoms. The Morgan fingerprint density at radius 2 is 0.969 bits per heavy atom. The molecular formula is C32H18. The van der Waals surface area contributed by atoms with Crippen molar-refractivity contribution >= 4 is 53.9 Å². The molecule has 0 aliphatic heterocycles. The second-order valence-electron chi connectivity index (χ2n) is 8.41. The molecule has 7 aromatic rings. The Balaban J connectivity index is 1.50. The average molecular weight is 402 g/mol. The minimum atomic E-state index is 1.07. The van der Waals surface area contributed by atoms with E-state index in [1.165, 1.54) is 53.9 Å². The van der Waals surface area contributed by atoms with E-state index in [2.05, 4.69) is 121 Å². The summed E-state index contributed by atoms with van der Waals surface area (Å²) in [5.41, 5.74) is 2.15. The molecule has 0 unspecified atom stereocenters. The van der Waals surface area contributed by atoms with E-state index >= 15 is 0 Å². The van der Waals surface area contributed by atoms with Crippen LogP contribution in [0.25, 0.3) is 53.9 Å². The highest BCUT2D eigenvalue weighted by atomic mass is 14.1. The molecule has 0 radical (unpaired) electrons. The van der Waals surface area contributed by atoms with E-state index in [0.717, 1.165) is 11.1 Å². The first-order chi connectivity index (χ1) is 15.9. The van der Waals surface area contributed by atoms with Crippen molar-refractivity contribution in [1.82, 2.24) is 0 Å². The summed E-state index contributed by atoms with van der Waals surface area (Å²) in [6, 6.07) is 39.1. The van der Waals surface area contributed by atoms with Crippen LogP contribution in [0.3, 0.4) is 0 Å². The van der Waals surface area contributed by atoms with Crippen LogP contribution in [0.4, 0.5) is 0 Å². The van der Waals surface area contributed by atoms with E-state index in [1.807, 2.05) is 0 Å². The van der Waals surface area contributed by atoms with E-state index in [4.69, 9.17) is 0 Å². The second kappa shape index (κ2) is 6.58. The highest BCUT2D eigenvalue weighted by Crippen LogP contribution is 2.36. The van der Waals surface area contributed by atoms with Crippen LogP contribution >= 0.6 is 0 Å². The Hall–Kier alpha value is -4.34. The fourth-order valence-electron chi connectivity index (χ4n) is 5.15. The summed E-state index contributed by atoms with van der Waals surface area (Å²) in [6.45, 7) is 0. The topological polar surface area (TPSA) is 0 Å². The average Bonchev–Trinajstić information content (AvgIpc) is 2.86. The van der Waals surface area contributed by atoms with Gasteiger partial charge in [0.25, 0.3) is 0 Å². The summed E-state index contributed by atoms with van der Waals surface area (Å²) in [4.78, 5) is 0. The maximum atomic E-state index is 3.53. The Morgan fingerprint density at radius 3 is 1.91 bits per heavy atom. The van der Waals surface area contributed by atoms with E-state index in [1.54, 1.807) is 0 Å². The lowest BCUT2D eigenvalue weighted by Crippen LogP contribution is -1.88. The van der Waals surface area contributed by atoms with Gasteiger partial charge in [0.1, 0.15) is 0 Å². The van der Waals surface area contributed by atoms with Gasteiger partial charge < -0.3 is 0 Å². The zero-order chi connectivity index (χ0) is 21.1. The molecule has 0 nitrogen and oxygen atoms in total. The maximum absolute atomic E-state index is 3.53. The molecule has 0 N–H and O–H groups in total. The van der Waals surface area contributed by atoms with Crippen LogP contribution in [0.1, 0.15) is 11.1 Å². The summed E-state index contributed by atoms with van der Waals surface area (Å²) < 4.78 is 0. The molecule has 7 rings (SSSR count). The lowest BCUT2D eigenvalue weighted by atomic mass is 9.91. The van der Waals surface area contributed by atoms with Crippen molar-refractivity contribution in [2.45, 2.75) is 0 Å². The third-order valence-electron chi connectivity index (χ3n) is 6.63. The van der Waals surface area contributed by atoms with Gasteiger partial charge in [-0.2, -0.15) is 0 Å². The zero-order valence-corrected chi connectivity index (χ0v) is 17.4. The molecule has 0 atom stereocenters. The van der Waals surface area contributed by atoms with Gasteiger partial charge in [-0.3, -0.25) is 0 Å². The van der Waals surface area contributed by atoms with Crippen molar-refractivity contribution in [2.24, 2.45) is 0 Å². The van der Waals surface area contributed by atoms with E-state index in [0.29, 0.717) is 0 Å². The molecule has 0 amide bonds. The fraction of sp³-hybridized carbons (Fsp3) is 0. The summed E-state index contributed by atoms with van der Waals surface area (Å²) >= 11 is 0. The van der Waals surface area contributed by atoms with Crippen molar-refractivity contribution in [3.8, 4) is 11.8 Å².